The summed E-state index contributed by atoms with van der Waals surface area (Å²) in [4.78, 5) is 0.366. The van der Waals surface area contributed by atoms with Crippen LogP contribution in [0.2, 0.25) is 0 Å². The van der Waals surface area contributed by atoms with Crippen molar-refractivity contribution in [3.63, 3.8) is 0 Å². The van der Waals surface area contributed by atoms with Crippen LogP contribution >= 0.6 is 0 Å². The van der Waals surface area contributed by atoms with Crippen molar-refractivity contribution < 1.29 is 18.3 Å². The van der Waals surface area contributed by atoms with E-state index < -0.39 is 15.4 Å². The number of nitrogens with one attached hydrogen (secondary N) is 1. The smallest absolute Gasteiger partial charge is 0.178 e. The molecule has 1 atom stereocenters. The van der Waals surface area contributed by atoms with Crippen molar-refractivity contribution in [3.05, 3.63) is 59.7 Å². The van der Waals surface area contributed by atoms with Gasteiger partial charge in [0.15, 0.2) is 9.84 Å². The van der Waals surface area contributed by atoms with Crippen molar-refractivity contribution in [2.24, 2.45) is 0 Å². The fourth-order valence-electron chi connectivity index (χ4n) is 3.38. The first kappa shape index (κ1) is 18.9. The summed E-state index contributed by atoms with van der Waals surface area (Å²) in [5.74, 6) is 0.844. The van der Waals surface area contributed by atoms with Gasteiger partial charge in [-0.25, -0.2) is 8.42 Å². The Kier molecular flexibility index (Phi) is 5.65. The Morgan fingerprint density at radius 3 is 2.77 bits per heavy atom. The predicted molar refractivity (Wildman–Crippen MR) is 101 cm³/mol. The second kappa shape index (κ2) is 7.78. The number of para-hydroxylation sites is 1. The highest BCUT2D eigenvalue weighted by atomic mass is 32.2. The fourth-order valence-corrected chi connectivity index (χ4v) is 4.79. The van der Waals surface area contributed by atoms with Crippen LogP contribution in [0.1, 0.15) is 24.0 Å². The minimum atomic E-state index is -3.30. The van der Waals surface area contributed by atoms with Crippen molar-refractivity contribution in [1.82, 2.24) is 5.32 Å². The van der Waals surface area contributed by atoms with Crippen molar-refractivity contribution in [3.8, 4) is 5.75 Å². The predicted octanol–water partition coefficient (Wildman–Crippen LogP) is 2.42. The molecule has 0 fully saturated rings. The number of hydrogen-bond donors (Lipinski definition) is 2. The highest BCUT2D eigenvalue weighted by molar-refractivity contribution is 7.91. The zero-order valence-corrected chi connectivity index (χ0v) is 15.8. The lowest BCUT2D eigenvalue weighted by atomic mass is 9.85. The van der Waals surface area contributed by atoms with Crippen molar-refractivity contribution in [1.29, 1.82) is 0 Å². The SMILES string of the molecule is Cc1cccc(S(=O)(=O)CCCNC2(CO)CCOc3ccccc32)c1. The maximum atomic E-state index is 12.5. The molecule has 0 bridgehead atoms. The van der Waals surface area contributed by atoms with E-state index in [2.05, 4.69) is 5.32 Å². The molecular weight excluding hydrogens is 350 g/mol. The average molecular weight is 375 g/mol. The molecule has 1 heterocycles. The van der Waals surface area contributed by atoms with Crippen LogP contribution in [0.15, 0.2) is 53.4 Å². The first-order valence-corrected chi connectivity index (χ1v) is 10.5. The molecule has 3 rings (SSSR count). The second-order valence-corrected chi connectivity index (χ2v) is 8.86. The highest BCUT2D eigenvalue weighted by Crippen LogP contribution is 2.36. The maximum Gasteiger partial charge on any atom is 0.178 e. The van der Waals surface area contributed by atoms with Gasteiger partial charge in [0, 0.05) is 12.0 Å². The molecule has 2 N–H and O–H groups in total. The van der Waals surface area contributed by atoms with Gasteiger partial charge >= 0.3 is 0 Å². The molecule has 2 aromatic carbocycles. The Hall–Kier alpha value is -1.89. The number of sulfone groups is 1. The van der Waals surface area contributed by atoms with E-state index in [0.29, 0.717) is 30.9 Å². The molecule has 0 saturated carbocycles. The second-order valence-electron chi connectivity index (χ2n) is 6.75. The number of fused-ring (bicyclic) bond motifs is 1. The zero-order valence-electron chi connectivity index (χ0n) is 14.9. The number of aliphatic hydroxyl groups excluding tert-OH is 1. The Morgan fingerprint density at radius 1 is 1.19 bits per heavy atom. The van der Waals surface area contributed by atoms with E-state index in [1.165, 1.54) is 0 Å². The number of aryl methyl sites for hydroxylation is 1. The lowest BCUT2D eigenvalue weighted by molar-refractivity contribution is 0.108. The average Bonchev–Trinajstić information content (AvgIpc) is 2.65. The van der Waals surface area contributed by atoms with Crippen LogP contribution in [0.4, 0.5) is 0 Å². The molecular formula is C20H25NO4S. The molecule has 0 radical (unpaired) electrons. The lowest BCUT2D eigenvalue weighted by Gasteiger charge is -2.38. The topological polar surface area (TPSA) is 75.6 Å². The molecule has 0 spiro atoms. The van der Waals surface area contributed by atoms with E-state index in [1.54, 1.807) is 18.2 Å². The Balaban J connectivity index is 1.64. The first-order valence-electron chi connectivity index (χ1n) is 8.84. The summed E-state index contributed by atoms with van der Waals surface area (Å²) in [5.41, 5.74) is 1.28. The standard InChI is InChI=1S/C20H25NO4S/c1-16-6-4-7-17(14-16)26(23,24)13-5-11-21-20(15-22)10-12-25-19-9-3-2-8-18(19)20/h2-4,6-9,14,21-22H,5,10-13,15H2,1H3. The molecule has 0 aromatic heterocycles. The molecule has 5 nitrogen and oxygen atoms in total. The van der Waals surface area contributed by atoms with Gasteiger partial charge in [-0.3, -0.25) is 0 Å². The van der Waals surface area contributed by atoms with Crippen molar-refractivity contribution in [2.45, 2.75) is 30.2 Å². The molecule has 1 aliphatic heterocycles. The van der Waals surface area contributed by atoms with E-state index in [-0.39, 0.29) is 12.4 Å². The van der Waals surface area contributed by atoms with E-state index in [0.717, 1.165) is 16.9 Å². The molecule has 1 unspecified atom stereocenters. The van der Waals surface area contributed by atoms with Crippen molar-refractivity contribution >= 4 is 9.84 Å². The Bertz CT molecular complexity index is 866. The largest absolute Gasteiger partial charge is 0.493 e. The van der Waals surface area contributed by atoms with Gasteiger partial charge in [0.2, 0.25) is 0 Å². The number of benzene rings is 2. The third-order valence-corrected chi connectivity index (χ3v) is 6.66. The van der Waals surface area contributed by atoms with E-state index >= 15 is 0 Å². The summed E-state index contributed by atoms with van der Waals surface area (Å²) in [6.45, 7) is 2.85. The van der Waals surface area contributed by atoms with Crippen LogP contribution in [0.25, 0.3) is 0 Å². The summed E-state index contributed by atoms with van der Waals surface area (Å²) >= 11 is 0. The number of rotatable bonds is 7. The third-order valence-electron chi connectivity index (χ3n) is 4.86. The van der Waals surface area contributed by atoms with Crippen LogP contribution in [0, 0.1) is 6.92 Å². The molecule has 0 amide bonds. The number of hydrogen-bond acceptors (Lipinski definition) is 5. The van der Waals surface area contributed by atoms with Gasteiger partial charge in [-0.2, -0.15) is 0 Å². The molecule has 6 heteroatoms. The molecule has 26 heavy (non-hydrogen) atoms. The minimum Gasteiger partial charge on any atom is -0.493 e. The fraction of sp³-hybridized carbons (Fsp3) is 0.400. The molecule has 0 saturated heterocycles. The van der Waals surface area contributed by atoms with Gasteiger partial charge in [-0.15, -0.1) is 0 Å². The summed E-state index contributed by atoms with van der Waals surface area (Å²) in [7, 11) is -3.30. The van der Waals surface area contributed by atoms with Crippen molar-refractivity contribution in [2.75, 3.05) is 25.5 Å². The Labute approximate surface area is 154 Å². The summed E-state index contributed by atoms with van der Waals surface area (Å²) in [6.07, 6.45) is 1.12. The maximum absolute atomic E-state index is 12.5. The minimum absolute atomic E-state index is 0.0575. The quantitative estimate of drug-likeness (QED) is 0.727. The molecule has 1 aliphatic rings. The monoisotopic (exact) mass is 375 g/mol. The third kappa shape index (κ3) is 3.92. The van der Waals surface area contributed by atoms with Gasteiger partial charge in [0.25, 0.3) is 0 Å². The van der Waals surface area contributed by atoms with Crippen LogP contribution in [-0.2, 0) is 15.4 Å². The number of aliphatic hydroxyl groups is 1. The van der Waals surface area contributed by atoms with Crippen LogP contribution < -0.4 is 10.1 Å². The van der Waals surface area contributed by atoms with E-state index in [4.69, 9.17) is 4.74 Å². The molecule has 140 valence electrons. The summed E-state index contributed by atoms with van der Waals surface area (Å²) < 4.78 is 30.6. The zero-order chi connectivity index (χ0) is 18.6. The van der Waals surface area contributed by atoms with E-state index in [1.807, 2.05) is 37.3 Å². The van der Waals surface area contributed by atoms with Gasteiger partial charge in [-0.05, 0) is 43.7 Å². The highest BCUT2D eigenvalue weighted by Gasteiger charge is 2.36. The van der Waals surface area contributed by atoms with Gasteiger partial charge in [0.05, 0.1) is 29.4 Å². The Morgan fingerprint density at radius 2 is 2.00 bits per heavy atom. The van der Waals surface area contributed by atoms with E-state index in [9.17, 15) is 13.5 Å². The van der Waals surface area contributed by atoms with Gasteiger partial charge < -0.3 is 15.2 Å². The van der Waals surface area contributed by atoms with Crippen LogP contribution in [0.3, 0.4) is 0 Å². The molecule has 2 aromatic rings. The molecule has 0 aliphatic carbocycles. The summed E-state index contributed by atoms with van der Waals surface area (Å²) in [5, 5.41) is 13.4. The van der Waals surface area contributed by atoms with Crippen LogP contribution in [-0.4, -0.2) is 39.0 Å². The summed E-state index contributed by atoms with van der Waals surface area (Å²) in [6, 6.07) is 14.6. The van der Waals surface area contributed by atoms with Gasteiger partial charge in [0.1, 0.15) is 5.75 Å². The lowest BCUT2D eigenvalue weighted by Crippen LogP contribution is -2.49. The number of ether oxygens (including phenoxy) is 1. The first-order chi connectivity index (χ1) is 12.5. The normalized spacial score (nSPS) is 19.6. The van der Waals surface area contributed by atoms with Gasteiger partial charge in [-0.1, -0.05) is 30.3 Å². The van der Waals surface area contributed by atoms with Crippen LogP contribution in [0.5, 0.6) is 5.75 Å².